The van der Waals surface area contributed by atoms with Gasteiger partial charge in [-0.3, -0.25) is 4.98 Å². The zero-order chi connectivity index (χ0) is 10.7. The summed E-state index contributed by atoms with van der Waals surface area (Å²) in [6.45, 7) is 1.92. The zero-order valence-corrected chi connectivity index (χ0v) is 8.31. The molecule has 0 saturated heterocycles. The van der Waals surface area contributed by atoms with Crippen LogP contribution in [0, 0.1) is 6.92 Å². The molecule has 0 bridgehead atoms. The van der Waals surface area contributed by atoms with Crippen LogP contribution in [0.5, 0.6) is 0 Å². The zero-order valence-electron chi connectivity index (χ0n) is 8.31. The molecule has 3 N–H and O–H groups in total. The molecule has 0 aliphatic rings. The lowest BCUT2D eigenvalue weighted by atomic mass is 10.3. The van der Waals surface area contributed by atoms with Crippen LogP contribution in [0.1, 0.15) is 5.69 Å². The summed E-state index contributed by atoms with van der Waals surface area (Å²) in [6, 6.07) is 3.79. The Labute approximate surface area is 87.4 Å². The highest BCUT2D eigenvalue weighted by Gasteiger charge is 1.99. The van der Waals surface area contributed by atoms with Gasteiger partial charge in [0.2, 0.25) is 0 Å². The molecule has 0 spiro atoms. The van der Waals surface area contributed by atoms with Gasteiger partial charge in [0.1, 0.15) is 11.6 Å². The lowest BCUT2D eigenvalue weighted by Gasteiger charge is -2.06. The highest BCUT2D eigenvalue weighted by molar-refractivity contribution is 5.57. The molecule has 76 valence electrons. The van der Waals surface area contributed by atoms with E-state index in [1.165, 1.54) is 6.20 Å². The molecule has 5 heteroatoms. The Hall–Kier alpha value is -2.17. The third-order valence-corrected chi connectivity index (χ3v) is 1.94. The summed E-state index contributed by atoms with van der Waals surface area (Å²) in [4.78, 5) is 12.2. The SMILES string of the molecule is Cc1ncccc1Nc1cnc(N)cn1. The van der Waals surface area contributed by atoms with Crippen molar-refractivity contribution in [3.8, 4) is 0 Å². The number of nitrogens with one attached hydrogen (secondary N) is 1. The van der Waals surface area contributed by atoms with Crippen LogP contribution in [0.2, 0.25) is 0 Å². The minimum Gasteiger partial charge on any atom is -0.382 e. The molecule has 0 aliphatic heterocycles. The Balaban J connectivity index is 2.22. The minimum absolute atomic E-state index is 0.406. The first-order valence-corrected chi connectivity index (χ1v) is 4.52. The summed E-state index contributed by atoms with van der Waals surface area (Å²) in [7, 11) is 0. The van der Waals surface area contributed by atoms with Crippen LogP contribution in [0.15, 0.2) is 30.7 Å². The highest BCUT2D eigenvalue weighted by atomic mass is 15.0. The molecule has 0 amide bonds. The minimum atomic E-state index is 0.406. The van der Waals surface area contributed by atoms with E-state index in [0.717, 1.165) is 11.4 Å². The lowest BCUT2D eigenvalue weighted by Crippen LogP contribution is -1.99. The molecular weight excluding hydrogens is 190 g/mol. The fraction of sp³-hybridized carbons (Fsp3) is 0.100. The maximum Gasteiger partial charge on any atom is 0.149 e. The second kappa shape index (κ2) is 3.91. The molecule has 2 heterocycles. The van der Waals surface area contributed by atoms with Gasteiger partial charge in [-0.25, -0.2) is 9.97 Å². The predicted molar refractivity (Wildman–Crippen MR) is 58.7 cm³/mol. The van der Waals surface area contributed by atoms with E-state index < -0.39 is 0 Å². The molecule has 0 fully saturated rings. The topological polar surface area (TPSA) is 76.7 Å². The Morgan fingerprint density at radius 1 is 1.20 bits per heavy atom. The number of anilines is 3. The van der Waals surface area contributed by atoms with E-state index in [9.17, 15) is 0 Å². The van der Waals surface area contributed by atoms with Crippen LogP contribution < -0.4 is 11.1 Å². The number of nitrogens with zero attached hydrogens (tertiary/aromatic N) is 3. The van der Waals surface area contributed by atoms with Crippen molar-refractivity contribution in [2.24, 2.45) is 0 Å². The third kappa shape index (κ3) is 2.19. The first-order valence-electron chi connectivity index (χ1n) is 4.52. The molecule has 5 nitrogen and oxygen atoms in total. The number of aryl methyl sites for hydroxylation is 1. The quantitative estimate of drug-likeness (QED) is 0.770. The first-order chi connectivity index (χ1) is 7.25. The third-order valence-electron chi connectivity index (χ3n) is 1.94. The first kappa shape index (κ1) is 9.39. The van der Waals surface area contributed by atoms with Crippen molar-refractivity contribution in [1.82, 2.24) is 15.0 Å². The van der Waals surface area contributed by atoms with Crippen LogP contribution in [0.25, 0.3) is 0 Å². The van der Waals surface area contributed by atoms with Gasteiger partial charge in [0, 0.05) is 6.20 Å². The van der Waals surface area contributed by atoms with Crippen LogP contribution in [-0.4, -0.2) is 15.0 Å². The number of hydrogen-bond donors (Lipinski definition) is 2. The number of nitrogens with two attached hydrogens (primary N) is 1. The maximum atomic E-state index is 5.44. The van der Waals surface area contributed by atoms with Crippen molar-refractivity contribution >= 4 is 17.3 Å². The van der Waals surface area contributed by atoms with Gasteiger partial charge >= 0.3 is 0 Å². The van der Waals surface area contributed by atoms with Crippen LogP contribution in [-0.2, 0) is 0 Å². The van der Waals surface area contributed by atoms with Crippen molar-refractivity contribution < 1.29 is 0 Å². The van der Waals surface area contributed by atoms with Gasteiger partial charge in [-0.2, -0.15) is 0 Å². The van der Waals surface area contributed by atoms with Crippen molar-refractivity contribution in [3.05, 3.63) is 36.4 Å². The Kier molecular flexibility index (Phi) is 2.45. The van der Waals surface area contributed by atoms with Crippen molar-refractivity contribution in [2.45, 2.75) is 6.92 Å². The molecule has 15 heavy (non-hydrogen) atoms. The summed E-state index contributed by atoms with van der Waals surface area (Å²) < 4.78 is 0. The monoisotopic (exact) mass is 201 g/mol. The number of aromatic nitrogens is 3. The molecule has 2 aromatic heterocycles. The van der Waals surface area contributed by atoms with Crippen LogP contribution >= 0.6 is 0 Å². The molecule has 2 aromatic rings. The van der Waals surface area contributed by atoms with Gasteiger partial charge in [-0.15, -0.1) is 0 Å². The average Bonchev–Trinajstić information content (AvgIpc) is 2.25. The van der Waals surface area contributed by atoms with Crippen molar-refractivity contribution in [3.63, 3.8) is 0 Å². The van der Waals surface area contributed by atoms with Crippen LogP contribution in [0.4, 0.5) is 17.3 Å². The smallest absolute Gasteiger partial charge is 0.149 e. The maximum absolute atomic E-state index is 5.44. The fourth-order valence-corrected chi connectivity index (χ4v) is 1.16. The van der Waals surface area contributed by atoms with Gasteiger partial charge in [-0.05, 0) is 19.1 Å². The van der Waals surface area contributed by atoms with E-state index in [1.807, 2.05) is 19.1 Å². The second-order valence-corrected chi connectivity index (χ2v) is 3.09. The van der Waals surface area contributed by atoms with Gasteiger partial charge in [0.15, 0.2) is 0 Å². The molecule has 0 saturated carbocycles. The van der Waals surface area contributed by atoms with E-state index in [2.05, 4.69) is 20.3 Å². The van der Waals surface area contributed by atoms with Gasteiger partial charge in [0.05, 0.1) is 23.8 Å². The largest absolute Gasteiger partial charge is 0.382 e. The van der Waals surface area contributed by atoms with E-state index >= 15 is 0 Å². The molecule has 2 rings (SSSR count). The molecule has 0 unspecified atom stereocenters. The average molecular weight is 201 g/mol. The Morgan fingerprint density at radius 2 is 2.07 bits per heavy atom. The van der Waals surface area contributed by atoms with E-state index in [0.29, 0.717) is 11.6 Å². The van der Waals surface area contributed by atoms with Crippen LogP contribution in [0.3, 0.4) is 0 Å². The number of nitrogen functional groups attached to an aromatic ring is 1. The standard InChI is InChI=1S/C10H11N5/c1-7-8(3-2-4-12-7)15-10-6-13-9(11)5-14-10/h2-6H,1H3,(H2,11,13)(H,14,15). The molecule has 0 aromatic carbocycles. The van der Waals surface area contributed by atoms with Gasteiger partial charge < -0.3 is 11.1 Å². The number of hydrogen-bond acceptors (Lipinski definition) is 5. The van der Waals surface area contributed by atoms with Gasteiger partial charge in [-0.1, -0.05) is 0 Å². The summed E-state index contributed by atoms with van der Waals surface area (Å²) in [6.07, 6.45) is 4.84. The molecular formula is C10H11N5. The molecule has 0 atom stereocenters. The highest BCUT2D eigenvalue weighted by Crippen LogP contribution is 2.15. The summed E-state index contributed by atoms with van der Waals surface area (Å²) >= 11 is 0. The van der Waals surface area contributed by atoms with Crippen molar-refractivity contribution in [2.75, 3.05) is 11.1 Å². The second-order valence-electron chi connectivity index (χ2n) is 3.09. The van der Waals surface area contributed by atoms with E-state index in [4.69, 9.17) is 5.73 Å². The van der Waals surface area contributed by atoms with Crippen molar-refractivity contribution in [1.29, 1.82) is 0 Å². The normalized spacial score (nSPS) is 9.93. The fourth-order valence-electron chi connectivity index (χ4n) is 1.16. The molecule has 0 radical (unpaired) electrons. The summed E-state index contributed by atoms with van der Waals surface area (Å²) in [5.41, 5.74) is 7.26. The lowest BCUT2D eigenvalue weighted by molar-refractivity contribution is 1.17. The Bertz CT molecular complexity index is 452. The van der Waals surface area contributed by atoms with E-state index in [-0.39, 0.29) is 0 Å². The molecule has 0 aliphatic carbocycles. The number of rotatable bonds is 2. The summed E-state index contributed by atoms with van der Waals surface area (Å²) in [5.74, 6) is 1.06. The Morgan fingerprint density at radius 3 is 2.73 bits per heavy atom. The number of pyridine rings is 1. The van der Waals surface area contributed by atoms with Gasteiger partial charge in [0.25, 0.3) is 0 Å². The summed E-state index contributed by atoms with van der Waals surface area (Å²) in [5, 5.41) is 3.11. The van der Waals surface area contributed by atoms with E-state index in [1.54, 1.807) is 12.4 Å². The predicted octanol–water partition coefficient (Wildman–Crippen LogP) is 1.51.